The van der Waals surface area contributed by atoms with Crippen molar-refractivity contribution in [2.24, 2.45) is 0 Å². The van der Waals surface area contributed by atoms with Gasteiger partial charge in [0, 0.05) is 12.8 Å². The number of hydrogen-bond acceptors (Lipinski definition) is 3. The zero-order valence-electron chi connectivity index (χ0n) is 11.2. The van der Waals surface area contributed by atoms with Crippen molar-refractivity contribution in [3.63, 3.8) is 0 Å². The van der Waals surface area contributed by atoms with Crippen LogP contribution in [0, 0.1) is 0 Å². The van der Waals surface area contributed by atoms with Crippen molar-refractivity contribution in [2.45, 2.75) is 65.6 Å². The summed E-state index contributed by atoms with van der Waals surface area (Å²) in [6.07, 6.45) is 4.48. The average Bonchev–Trinajstić information content (AvgIpc) is 2.76. The number of hydrogen-bond donors (Lipinski definition) is 0. The lowest BCUT2D eigenvalue weighted by atomic mass is 10.0. The molecule has 0 aromatic rings. The third kappa shape index (κ3) is 4.62. The van der Waals surface area contributed by atoms with Gasteiger partial charge < -0.3 is 9.47 Å². The molecule has 1 heterocycles. The number of carbonyl (C=O) groups is 1. The van der Waals surface area contributed by atoms with Crippen LogP contribution >= 0.6 is 0 Å². The summed E-state index contributed by atoms with van der Waals surface area (Å²) in [7, 11) is 0. The van der Waals surface area contributed by atoms with Gasteiger partial charge in [-0.25, -0.2) is 0 Å². The van der Waals surface area contributed by atoms with Crippen LogP contribution in [-0.4, -0.2) is 24.8 Å². The largest absolute Gasteiger partial charge is 0.341 e. The molecule has 1 aliphatic rings. The number of rotatable bonds is 5. The third-order valence-electron chi connectivity index (χ3n) is 2.36. The summed E-state index contributed by atoms with van der Waals surface area (Å²) >= 11 is 0. The Bertz CT molecular complexity index is 184. The molecule has 1 aliphatic heterocycles. The summed E-state index contributed by atoms with van der Waals surface area (Å²) in [5, 5.41) is 0. The summed E-state index contributed by atoms with van der Waals surface area (Å²) < 4.78 is 10.8. The fourth-order valence-electron chi connectivity index (χ4n) is 1.58. The molecule has 0 unspecified atom stereocenters. The van der Waals surface area contributed by atoms with Crippen LogP contribution in [0.2, 0.25) is 0 Å². The average molecular weight is 230 g/mol. The predicted octanol–water partition coefficient (Wildman–Crippen LogP) is 3.32. The number of unbranched alkanes of at least 4 members (excludes halogenated alkanes) is 1. The summed E-state index contributed by atoms with van der Waals surface area (Å²) in [5.74, 6) is -0.802. The maximum absolute atomic E-state index is 11.6. The number of ether oxygens (including phenoxy) is 2. The lowest BCUT2D eigenvalue weighted by Gasteiger charge is -2.24. The van der Waals surface area contributed by atoms with E-state index in [1.54, 1.807) is 0 Å². The molecule has 1 rings (SSSR count). The van der Waals surface area contributed by atoms with Crippen LogP contribution in [0.25, 0.3) is 0 Å². The molecule has 1 fully saturated rings. The zero-order valence-corrected chi connectivity index (χ0v) is 11.2. The Kier molecular flexibility index (Phi) is 8.49. The molecule has 0 saturated carbocycles. The van der Waals surface area contributed by atoms with Crippen LogP contribution in [0.4, 0.5) is 0 Å². The Morgan fingerprint density at radius 2 is 1.62 bits per heavy atom. The molecule has 0 aromatic carbocycles. The molecule has 0 atom stereocenters. The second-order valence-corrected chi connectivity index (χ2v) is 4.04. The van der Waals surface area contributed by atoms with Crippen LogP contribution in [0.1, 0.15) is 59.8 Å². The fourth-order valence-corrected chi connectivity index (χ4v) is 1.58. The van der Waals surface area contributed by atoms with Crippen LogP contribution in [0.15, 0.2) is 0 Å². The normalized spacial score (nSPS) is 17.8. The van der Waals surface area contributed by atoms with Gasteiger partial charge >= 0.3 is 0 Å². The standard InChI is InChI=1S/C10H18O3.C3H8/c1-3-5-6-10(9(11)4-2)12-7-8-13-10;1-3-2/h3-8H2,1-2H3;3H2,1-2H3. The van der Waals surface area contributed by atoms with E-state index in [1.807, 2.05) is 6.92 Å². The van der Waals surface area contributed by atoms with Gasteiger partial charge in [-0.15, -0.1) is 0 Å². The first-order valence-corrected chi connectivity index (χ1v) is 6.48. The number of ketones is 1. The minimum atomic E-state index is -0.884. The van der Waals surface area contributed by atoms with Crippen molar-refractivity contribution in [1.29, 1.82) is 0 Å². The molecule has 96 valence electrons. The van der Waals surface area contributed by atoms with E-state index in [2.05, 4.69) is 20.8 Å². The number of Topliss-reactive ketones (excluding diaryl/α,β-unsaturated/α-hetero) is 1. The maximum Gasteiger partial charge on any atom is 0.229 e. The molecule has 0 amide bonds. The van der Waals surface area contributed by atoms with E-state index >= 15 is 0 Å². The summed E-state index contributed by atoms with van der Waals surface area (Å²) in [4.78, 5) is 11.6. The van der Waals surface area contributed by atoms with Gasteiger partial charge in [0.05, 0.1) is 13.2 Å². The van der Waals surface area contributed by atoms with Crippen LogP contribution < -0.4 is 0 Å². The highest BCUT2D eigenvalue weighted by molar-refractivity contribution is 5.85. The van der Waals surface area contributed by atoms with E-state index in [4.69, 9.17) is 9.47 Å². The minimum Gasteiger partial charge on any atom is -0.341 e. The second kappa shape index (κ2) is 8.71. The van der Waals surface area contributed by atoms with Gasteiger partial charge in [0.25, 0.3) is 0 Å². The predicted molar refractivity (Wildman–Crippen MR) is 65.4 cm³/mol. The zero-order chi connectivity index (χ0) is 12.4. The highest BCUT2D eigenvalue weighted by Gasteiger charge is 2.41. The first-order valence-electron chi connectivity index (χ1n) is 6.48. The topological polar surface area (TPSA) is 35.5 Å². The lowest BCUT2D eigenvalue weighted by Crippen LogP contribution is -2.39. The van der Waals surface area contributed by atoms with Crippen molar-refractivity contribution in [3.8, 4) is 0 Å². The third-order valence-corrected chi connectivity index (χ3v) is 2.36. The summed E-state index contributed by atoms with van der Waals surface area (Å²) in [6.45, 7) is 9.30. The molecule has 16 heavy (non-hydrogen) atoms. The molecular weight excluding hydrogens is 204 g/mol. The monoisotopic (exact) mass is 230 g/mol. The Labute approximate surface area is 99.5 Å². The molecule has 0 radical (unpaired) electrons. The highest BCUT2D eigenvalue weighted by atomic mass is 16.7. The van der Waals surface area contributed by atoms with Gasteiger partial charge in [0.15, 0.2) is 5.78 Å². The van der Waals surface area contributed by atoms with E-state index in [0.29, 0.717) is 26.1 Å². The highest BCUT2D eigenvalue weighted by Crippen LogP contribution is 2.27. The Morgan fingerprint density at radius 1 is 1.12 bits per heavy atom. The van der Waals surface area contributed by atoms with Crippen molar-refractivity contribution in [1.82, 2.24) is 0 Å². The van der Waals surface area contributed by atoms with Gasteiger partial charge in [-0.1, -0.05) is 40.5 Å². The molecule has 0 bridgehead atoms. The Morgan fingerprint density at radius 3 is 2.00 bits per heavy atom. The molecule has 0 N–H and O–H groups in total. The van der Waals surface area contributed by atoms with E-state index < -0.39 is 5.79 Å². The quantitative estimate of drug-likeness (QED) is 0.727. The molecule has 0 spiro atoms. The first kappa shape index (κ1) is 15.6. The summed E-state index contributed by atoms with van der Waals surface area (Å²) in [6, 6.07) is 0. The van der Waals surface area contributed by atoms with E-state index in [0.717, 1.165) is 12.8 Å². The van der Waals surface area contributed by atoms with Crippen LogP contribution in [0.3, 0.4) is 0 Å². The van der Waals surface area contributed by atoms with Crippen LogP contribution in [0.5, 0.6) is 0 Å². The van der Waals surface area contributed by atoms with Gasteiger partial charge in [-0.05, 0) is 6.42 Å². The van der Waals surface area contributed by atoms with Crippen molar-refractivity contribution in [2.75, 3.05) is 13.2 Å². The molecule has 0 aromatic heterocycles. The number of carbonyl (C=O) groups excluding carboxylic acids is 1. The Hall–Kier alpha value is -0.410. The minimum absolute atomic E-state index is 0.0819. The Balaban J connectivity index is 0.000000673. The van der Waals surface area contributed by atoms with Gasteiger partial charge in [-0.3, -0.25) is 4.79 Å². The van der Waals surface area contributed by atoms with Crippen LogP contribution in [-0.2, 0) is 14.3 Å². The van der Waals surface area contributed by atoms with Crippen molar-refractivity contribution >= 4 is 5.78 Å². The molecule has 1 saturated heterocycles. The van der Waals surface area contributed by atoms with Crippen molar-refractivity contribution < 1.29 is 14.3 Å². The van der Waals surface area contributed by atoms with Crippen molar-refractivity contribution in [3.05, 3.63) is 0 Å². The van der Waals surface area contributed by atoms with E-state index in [-0.39, 0.29) is 5.78 Å². The van der Waals surface area contributed by atoms with E-state index in [9.17, 15) is 4.79 Å². The molecule has 0 aliphatic carbocycles. The molecule has 3 heteroatoms. The molecule has 3 nitrogen and oxygen atoms in total. The lowest BCUT2D eigenvalue weighted by molar-refractivity contribution is -0.182. The van der Waals surface area contributed by atoms with Gasteiger partial charge in [0.1, 0.15) is 0 Å². The van der Waals surface area contributed by atoms with Gasteiger partial charge in [0.2, 0.25) is 5.79 Å². The van der Waals surface area contributed by atoms with E-state index in [1.165, 1.54) is 6.42 Å². The first-order chi connectivity index (χ1) is 7.66. The smallest absolute Gasteiger partial charge is 0.229 e. The SMILES string of the molecule is CCC.CCCCC1(C(=O)CC)OCCO1. The maximum atomic E-state index is 11.6. The fraction of sp³-hybridized carbons (Fsp3) is 0.923. The van der Waals surface area contributed by atoms with Gasteiger partial charge in [-0.2, -0.15) is 0 Å². The second-order valence-electron chi connectivity index (χ2n) is 4.04. The summed E-state index contributed by atoms with van der Waals surface area (Å²) in [5.41, 5.74) is 0. The molecular formula is C13H26O3.